The van der Waals surface area contributed by atoms with Gasteiger partial charge in [0, 0.05) is 13.1 Å². The fourth-order valence-electron chi connectivity index (χ4n) is 1.47. The molecule has 7 nitrogen and oxygen atoms in total. The number of nitrogens with two attached hydrogens (primary N) is 1. The lowest BCUT2D eigenvalue weighted by atomic mass is 10.3. The number of halogens is 2. The minimum atomic E-state index is -0.511. The summed E-state index contributed by atoms with van der Waals surface area (Å²) in [6.45, 7) is 4.13. The lowest BCUT2D eigenvalue weighted by Crippen LogP contribution is -2.37. The molecule has 1 aromatic rings. The first-order chi connectivity index (χ1) is 8.02. The number of aliphatic hydroxyl groups excluding tert-OH is 2. The van der Waals surface area contributed by atoms with E-state index in [1.165, 1.54) is 0 Å². The van der Waals surface area contributed by atoms with Crippen LogP contribution in [0.1, 0.15) is 13.8 Å². The number of hydrogen-bond donors (Lipinski definition) is 4. The fourth-order valence-corrected chi connectivity index (χ4v) is 1.47. The molecule has 0 radical (unpaired) electrons. The van der Waals surface area contributed by atoms with Gasteiger partial charge in [0.1, 0.15) is 0 Å². The molecule has 0 fully saturated rings. The Labute approximate surface area is 125 Å². The Morgan fingerprint density at radius 2 is 1.68 bits per heavy atom. The number of nitrogen functional groups attached to an aromatic ring is 1. The van der Waals surface area contributed by atoms with E-state index in [2.05, 4.69) is 15.6 Å². The molecule has 5 N–H and O–H groups in total. The molecule has 1 heterocycles. The normalized spacial score (nSPS) is 12.7. The predicted octanol–water partition coefficient (Wildman–Crippen LogP) is 0.174. The highest BCUT2D eigenvalue weighted by Crippen LogP contribution is 2.12. The SMILES string of the molecule is CC(O)CN(CC(C)O)c1ccc(NN)nn1.Cl.Cl. The van der Waals surface area contributed by atoms with Crippen molar-refractivity contribution in [3.05, 3.63) is 12.1 Å². The van der Waals surface area contributed by atoms with Crippen molar-refractivity contribution in [2.24, 2.45) is 5.84 Å². The van der Waals surface area contributed by atoms with Crippen LogP contribution in [0.3, 0.4) is 0 Å². The van der Waals surface area contributed by atoms with Crippen molar-refractivity contribution in [3.8, 4) is 0 Å². The summed E-state index contributed by atoms with van der Waals surface area (Å²) in [7, 11) is 0. The fraction of sp³-hybridized carbons (Fsp3) is 0.600. The van der Waals surface area contributed by atoms with Crippen LogP contribution < -0.4 is 16.2 Å². The molecule has 0 aliphatic rings. The maximum Gasteiger partial charge on any atom is 0.162 e. The molecule has 1 aromatic heterocycles. The Kier molecular flexibility index (Phi) is 10.8. The van der Waals surface area contributed by atoms with E-state index in [1.54, 1.807) is 30.9 Å². The van der Waals surface area contributed by atoms with Crippen molar-refractivity contribution < 1.29 is 10.2 Å². The summed E-state index contributed by atoms with van der Waals surface area (Å²) in [5.41, 5.74) is 2.38. The third-order valence-corrected chi connectivity index (χ3v) is 2.09. The molecule has 0 amide bonds. The summed E-state index contributed by atoms with van der Waals surface area (Å²) in [5, 5.41) is 26.6. The van der Waals surface area contributed by atoms with E-state index < -0.39 is 12.2 Å². The van der Waals surface area contributed by atoms with Gasteiger partial charge in [0.05, 0.1) is 12.2 Å². The van der Waals surface area contributed by atoms with E-state index in [0.717, 1.165) is 0 Å². The van der Waals surface area contributed by atoms with Gasteiger partial charge in [0.15, 0.2) is 11.6 Å². The van der Waals surface area contributed by atoms with Gasteiger partial charge in [-0.25, -0.2) is 5.84 Å². The van der Waals surface area contributed by atoms with Crippen molar-refractivity contribution in [3.63, 3.8) is 0 Å². The molecule has 0 bridgehead atoms. The summed E-state index contributed by atoms with van der Waals surface area (Å²) in [6.07, 6.45) is -1.02. The van der Waals surface area contributed by atoms with Crippen LogP contribution in [0.4, 0.5) is 11.6 Å². The van der Waals surface area contributed by atoms with Gasteiger partial charge in [-0.2, -0.15) is 0 Å². The molecular weight excluding hydrogens is 293 g/mol. The van der Waals surface area contributed by atoms with Crippen LogP contribution in [0.2, 0.25) is 0 Å². The smallest absolute Gasteiger partial charge is 0.162 e. The molecule has 0 aromatic carbocycles. The number of aliphatic hydroxyl groups is 2. The molecule has 0 aliphatic carbocycles. The highest BCUT2D eigenvalue weighted by molar-refractivity contribution is 5.85. The molecule has 0 aliphatic heterocycles. The van der Waals surface area contributed by atoms with Crippen molar-refractivity contribution in [2.75, 3.05) is 23.4 Å². The molecule has 9 heteroatoms. The summed E-state index contributed by atoms with van der Waals surface area (Å²) in [5.74, 6) is 6.24. The van der Waals surface area contributed by atoms with Crippen molar-refractivity contribution in [1.82, 2.24) is 10.2 Å². The average molecular weight is 314 g/mol. The lowest BCUT2D eigenvalue weighted by Gasteiger charge is -2.25. The number of hydrazine groups is 1. The van der Waals surface area contributed by atoms with E-state index in [9.17, 15) is 10.2 Å². The summed E-state index contributed by atoms with van der Waals surface area (Å²) in [4.78, 5) is 1.77. The highest BCUT2D eigenvalue weighted by Gasteiger charge is 2.13. The van der Waals surface area contributed by atoms with Gasteiger partial charge in [0.2, 0.25) is 0 Å². The van der Waals surface area contributed by atoms with Gasteiger partial charge in [-0.1, -0.05) is 0 Å². The highest BCUT2D eigenvalue weighted by atomic mass is 35.5. The minimum Gasteiger partial charge on any atom is -0.392 e. The van der Waals surface area contributed by atoms with Gasteiger partial charge in [0.25, 0.3) is 0 Å². The Balaban J connectivity index is 0. The number of aromatic nitrogens is 2. The standard InChI is InChI=1S/C10H19N5O2.2ClH/c1-7(16)5-15(6-8(2)17)10-4-3-9(12-11)13-14-10;;/h3-4,7-8,16-17H,5-6,11H2,1-2H3,(H,12,13);2*1H. The number of rotatable bonds is 6. The quantitative estimate of drug-likeness (QED) is 0.438. The first-order valence-electron chi connectivity index (χ1n) is 5.44. The zero-order chi connectivity index (χ0) is 12.8. The van der Waals surface area contributed by atoms with E-state index in [0.29, 0.717) is 24.7 Å². The second kappa shape index (κ2) is 9.99. The molecule has 112 valence electrons. The molecule has 2 atom stereocenters. The van der Waals surface area contributed by atoms with Crippen LogP contribution in [0.5, 0.6) is 0 Å². The largest absolute Gasteiger partial charge is 0.392 e. The number of anilines is 2. The molecule has 1 rings (SSSR count). The maximum absolute atomic E-state index is 9.39. The number of nitrogens with zero attached hydrogens (tertiary/aromatic N) is 3. The van der Waals surface area contributed by atoms with Gasteiger partial charge >= 0.3 is 0 Å². The molecule has 19 heavy (non-hydrogen) atoms. The van der Waals surface area contributed by atoms with Crippen LogP contribution in [-0.4, -0.2) is 45.7 Å². The minimum absolute atomic E-state index is 0. The van der Waals surface area contributed by atoms with Gasteiger partial charge in [-0.05, 0) is 26.0 Å². The second-order valence-corrected chi connectivity index (χ2v) is 4.02. The van der Waals surface area contributed by atoms with Gasteiger partial charge in [-0.15, -0.1) is 35.0 Å². The summed E-state index contributed by atoms with van der Waals surface area (Å²) >= 11 is 0. The third kappa shape index (κ3) is 7.34. The summed E-state index contributed by atoms with van der Waals surface area (Å²) < 4.78 is 0. The molecule has 0 spiro atoms. The first-order valence-corrected chi connectivity index (χ1v) is 5.44. The predicted molar refractivity (Wildman–Crippen MR) is 79.9 cm³/mol. The summed E-state index contributed by atoms with van der Waals surface area (Å²) in [6, 6.07) is 3.41. The lowest BCUT2D eigenvalue weighted by molar-refractivity contribution is 0.177. The van der Waals surface area contributed by atoms with Crippen LogP contribution in [-0.2, 0) is 0 Å². The molecule has 0 saturated heterocycles. The van der Waals surface area contributed by atoms with Gasteiger partial charge < -0.3 is 20.5 Å². The van der Waals surface area contributed by atoms with E-state index in [1.807, 2.05) is 0 Å². The number of hydrogen-bond acceptors (Lipinski definition) is 7. The van der Waals surface area contributed by atoms with E-state index in [-0.39, 0.29) is 24.8 Å². The van der Waals surface area contributed by atoms with Crippen LogP contribution in [0, 0.1) is 0 Å². The van der Waals surface area contributed by atoms with Crippen molar-refractivity contribution >= 4 is 36.4 Å². The number of nitrogens with one attached hydrogen (secondary N) is 1. The Morgan fingerprint density at radius 1 is 1.16 bits per heavy atom. The first kappa shape index (κ1) is 20.5. The van der Waals surface area contributed by atoms with Crippen LogP contribution >= 0.6 is 24.8 Å². The van der Waals surface area contributed by atoms with Crippen molar-refractivity contribution in [1.29, 1.82) is 0 Å². The average Bonchev–Trinajstić information content (AvgIpc) is 2.27. The zero-order valence-electron chi connectivity index (χ0n) is 10.9. The van der Waals surface area contributed by atoms with E-state index in [4.69, 9.17) is 5.84 Å². The molecule has 2 unspecified atom stereocenters. The van der Waals surface area contributed by atoms with Gasteiger partial charge in [-0.3, -0.25) is 0 Å². The Hall–Kier alpha value is -0.860. The maximum atomic E-state index is 9.39. The van der Waals surface area contributed by atoms with E-state index >= 15 is 0 Å². The van der Waals surface area contributed by atoms with Crippen molar-refractivity contribution in [2.45, 2.75) is 26.1 Å². The molecule has 0 saturated carbocycles. The monoisotopic (exact) mass is 313 g/mol. The third-order valence-electron chi connectivity index (χ3n) is 2.09. The van der Waals surface area contributed by atoms with Crippen LogP contribution in [0.15, 0.2) is 12.1 Å². The molecular formula is C10H21Cl2N5O2. The second-order valence-electron chi connectivity index (χ2n) is 4.02. The zero-order valence-corrected chi connectivity index (χ0v) is 12.5. The Morgan fingerprint density at radius 3 is 2.00 bits per heavy atom. The topological polar surface area (TPSA) is 108 Å². The Bertz CT molecular complexity index is 327. The van der Waals surface area contributed by atoms with Crippen LogP contribution in [0.25, 0.3) is 0 Å².